The summed E-state index contributed by atoms with van der Waals surface area (Å²) in [6.07, 6.45) is -3.61. The standard InChI is InChI=1S/C23H16F5N3O3S/c1-3-35(33,34)20-8-14(13-6-16(24)10-17(25)7-13)11-29-21(20)31-22(32)19-9-15(23(26,27)28)4-5-18(19)12(2)30-31/h4-11H,3H2,1-2H3. The Balaban J connectivity index is 2.03. The number of nitrogens with zero attached hydrogens (tertiary/aromatic N) is 3. The number of aryl methyl sites for hydroxylation is 1. The van der Waals surface area contributed by atoms with Crippen LogP contribution in [0, 0.1) is 18.6 Å². The molecule has 182 valence electrons. The van der Waals surface area contributed by atoms with Crippen molar-refractivity contribution in [3.8, 4) is 16.9 Å². The van der Waals surface area contributed by atoms with Crippen LogP contribution in [0.25, 0.3) is 27.7 Å². The Hall–Kier alpha value is -3.67. The van der Waals surface area contributed by atoms with Gasteiger partial charge in [-0.05, 0) is 42.8 Å². The zero-order chi connectivity index (χ0) is 25.7. The number of alkyl halides is 3. The topological polar surface area (TPSA) is 81.9 Å². The molecular weight excluding hydrogens is 493 g/mol. The fraction of sp³-hybridized carbons (Fsp3) is 0.174. The van der Waals surface area contributed by atoms with Crippen molar-refractivity contribution in [1.29, 1.82) is 0 Å². The molecule has 0 radical (unpaired) electrons. The van der Waals surface area contributed by atoms with Crippen LogP contribution in [-0.2, 0) is 16.0 Å². The smallest absolute Gasteiger partial charge is 0.267 e. The molecule has 0 fully saturated rings. The molecule has 4 aromatic rings. The van der Waals surface area contributed by atoms with Crippen LogP contribution in [0.5, 0.6) is 0 Å². The Morgan fingerprint density at radius 3 is 2.20 bits per heavy atom. The minimum Gasteiger partial charge on any atom is -0.267 e. The van der Waals surface area contributed by atoms with Gasteiger partial charge in [0.25, 0.3) is 5.56 Å². The number of halogens is 5. The molecule has 0 N–H and O–H groups in total. The summed E-state index contributed by atoms with van der Waals surface area (Å²) in [7, 11) is -4.07. The largest absolute Gasteiger partial charge is 0.416 e. The Labute approximate surface area is 195 Å². The highest BCUT2D eigenvalue weighted by atomic mass is 32.2. The van der Waals surface area contributed by atoms with Gasteiger partial charge in [-0.25, -0.2) is 22.2 Å². The summed E-state index contributed by atoms with van der Waals surface area (Å²) in [5.41, 5.74) is -1.87. The number of hydrogen-bond acceptors (Lipinski definition) is 5. The van der Waals surface area contributed by atoms with Gasteiger partial charge in [-0.1, -0.05) is 13.0 Å². The number of fused-ring (bicyclic) bond motifs is 1. The van der Waals surface area contributed by atoms with Crippen molar-refractivity contribution in [1.82, 2.24) is 14.8 Å². The van der Waals surface area contributed by atoms with Gasteiger partial charge in [0.1, 0.15) is 16.5 Å². The third-order valence-electron chi connectivity index (χ3n) is 5.35. The van der Waals surface area contributed by atoms with Crippen LogP contribution in [0.2, 0.25) is 0 Å². The molecule has 0 aliphatic carbocycles. The predicted molar refractivity (Wildman–Crippen MR) is 118 cm³/mol. The van der Waals surface area contributed by atoms with E-state index >= 15 is 0 Å². The van der Waals surface area contributed by atoms with Crippen LogP contribution in [0.1, 0.15) is 18.2 Å². The SMILES string of the molecule is CCS(=O)(=O)c1cc(-c2cc(F)cc(F)c2)cnc1-n1nc(C)c2ccc(C(F)(F)F)cc2c1=O. The van der Waals surface area contributed by atoms with Crippen LogP contribution in [0.4, 0.5) is 22.0 Å². The molecule has 2 aromatic carbocycles. The molecule has 0 saturated carbocycles. The van der Waals surface area contributed by atoms with Gasteiger partial charge < -0.3 is 0 Å². The summed E-state index contributed by atoms with van der Waals surface area (Å²) in [5, 5.41) is 3.91. The highest BCUT2D eigenvalue weighted by Crippen LogP contribution is 2.32. The predicted octanol–water partition coefficient (Wildman–Crippen LogP) is 4.85. The lowest BCUT2D eigenvalue weighted by Gasteiger charge is -2.14. The van der Waals surface area contributed by atoms with Crippen molar-refractivity contribution in [2.75, 3.05) is 5.75 Å². The zero-order valence-corrected chi connectivity index (χ0v) is 19.0. The summed E-state index contributed by atoms with van der Waals surface area (Å²) in [5.74, 6) is -2.65. The van der Waals surface area contributed by atoms with E-state index in [-0.39, 0.29) is 27.6 Å². The fourth-order valence-electron chi connectivity index (χ4n) is 3.58. The van der Waals surface area contributed by atoms with Gasteiger partial charge in [-0.2, -0.15) is 23.0 Å². The van der Waals surface area contributed by atoms with Crippen LogP contribution in [0.15, 0.2) is 58.4 Å². The van der Waals surface area contributed by atoms with E-state index in [1.54, 1.807) is 0 Å². The van der Waals surface area contributed by atoms with Gasteiger partial charge in [-0.15, -0.1) is 0 Å². The van der Waals surface area contributed by atoms with Crippen molar-refractivity contribution in [3.63, 3.8) is 0 Å². The van der Waals surface area contributed by atoms with Crippen LogP contribution < -0.4 is 5.56 Å². The third kappa shape index (κ3) is 4.53. The summed E-state index contributed by atoms with van der Waals surface area (Å²) in [6, 6.07) is 6.29. The van der Waals surface area contributed by atoms with Crippen molar-refractivity contribution in [3.05, 3.63) is 81.9 Å². The monoisotopic (exact) mass is 509 g/mol. The lowest BCUT2D eigenvalue weighted by atomic mass is 10.1. The minimum atomic E-state index is -4.71. The van der Waals surface area contributed by atoms with Crippen molar-refractivity contribution in [2.24, 2.45) is 0 Å². The normalized spacial score (nSPS) is 12.3. The Morgan fingerprint density at radius 1 is 0.943 bits per heavy atom. The molecule has 2 heterocycles. The Morgan fingerprint density at radius 2 is 1.60 bits per heavy atom. The number of hydrogen-bond donors (Lipinski definition) is 0. The lowest BCUT2D eigenvalue weighted by molar-refractivity contribution is -0.137. The summed E-state index contributed by atoms with van der Waals surface area (Å²) in [4.78, 5) is 16.7. The molecule has 0 amide bonds. The maximum Gasteiger partial charge on any atom is 0.416 e. The highest BCUT2D eigenvalue weighted by molar-refractivity contribution is 7.91. The summed E-state index contributed by atoms with van der Waals surface area (Å²) >= 11 is 0. The van der Waals surface area contributed by atoms with Gasteiger partial charge in [0.15, 0.2) is 15.7 Å². The van der Waals surface area contributed by atoms with E-state index in [0.29, 0.717) is 16.8 Å². The first-order chi connectivity index (χ1) is 16.3. The molecule has 0 bridgehead atoms. The highest BCUT2D eigenvalue weighted by Gasteiger charge is 2.31. The quantitative estimate of drug-likeness (QED) is 0.368. The molecule has 0 atom stereocenters. The second kappa shape index (κ2) is 8.52. The molecule has 4 rings (SSSR count). The average Bonchev–Trinajstić information content (AvgIpc) is 2.79. The zero-order valence-electron chi connectivity index (χ0n) is 18.2. The maximum absolute atomic E-state index is 13.7. The molecule has 0 aliphatic rings. The van der Waals surface area contributed by atoms with Crippen LogP contribution in [-0.4, -0.2) is 28.9 Å². The van der Waals surface area contributed by atoms with Gasteiger partial charge in [0.2, 0.25) is 0 Å². The van der Waals surface area contributed by atoms with Gasteiger partial charge in [0.05, 0.1) is 22.4 Å². The maximum atomic E-state index is 13.7. The average molecular weight is 509 g/mol. The number of sulfone groups is 1. The molecule has 0 saturated heterocycles. The number of rotatable bonds is 4. The second-order valence-corrected chi connectivity index (χ2v) is 9.91. The fourth-order valence-corrected chi connectivity index (χ4v) is 4.61. The van der Waals surface area contributed by atoms with E-state index in [9.17, 15) is 35.2 Å². The lowest BCUT2D eigenvalue weighted by Crippen LogP contribution is -2.26. The summed E-state index contributed by atoms with van der Waals surface area (Å²) < 4.78 is 93.5. The molecule has 0 aliphatic heterocycles. The van der Waals surface area contributed by atoms with Crippen LogP contribution >= 0.6 is 0 Å². The first kappa shape index (κ1) is 24.5. The third-order valence-corrected chi connectivity index (χ3v) is 7.08. The Kier molecular flexibility index (Phi) is 5.95. The van der Waals surface area contributed by atoms with Crippen molar-refractivity contribution in [2.45, 2.75) is 24.9 Å². The van der Waals surface area contributed by atoms with Gasteiger partial charge in [0, 0.05) is 23.2 Å². The molecule has 12 heteroatoms. The first-order valence-corrected chi connectivity index (χ1v) is 11.8. The van der Waals surface area contributed by atoms with Crippen molar-refractivity contribution < 1.29 is 30.4 Å². The Bertz CT molecular complexity index is 1630. The van der Waals surface area contributed by atoms with E-state index in [0.717, 1.165) is 36.5 Å². The van der Waals surface area contributed by atoms with Gasteiger partial charge in [-0.3, -0.25) is 4.79 Å². The van der Waals surface area contributed by atoms with E-state index in [1.165, 1.54) is 13.8 Å². The van der Waals surface area contributed by atoms with Crippen molar-refractivity contribution >= 4 is 20.6 Å². The molecule has 0 unspecified atom stereocenters. The van der Waals surface area contributed by atoms with Gasteiger partial charge >= 0.3 is 6.18 Å². The number of benzene rings is 2. The van der Waals surface area contributed by atoms with E-state index in [1.807, 2.05) is 0 Å². The molecule has 2 aromatic heterocycles. The minimum absolute atomic E-state index is 0.001000. The number of aromatic nitrogens is 3. The number of pyridine rings is 1. The molecule has 6 nitrogen and oxygen atoms in total. The van der Waals surface area contributed by atoms with E-state index in [4.69, 9.17) is 0 Å². The first-order valence-electron chi connectivity index (χ1n) is 10.1. The molecular formula is C23H16F5N3O3S. The second-order valence-electron chi connectivity index (χ2n) is 7.67. The molecule has 0 spiro atoms. The molecule has 35 heavy (non-hydrogen) atoms. The summed E-state index contributed by atoms with van der Waals surface area (Å²) in [6.45, 7) is 2.79. The van der Waals surface area contributed by atoms with E-state index < -0.39 is 55.2 Å². The van der Waals surface area contributed by atoms with E-state index in [2.05, 4.69) is 10.1 Å². The van der Waals surface area contributed by atoms with Crippen LogP contribution in [0.3, 0.4) is 0 Å².